The maximum atomic E-state index is 2.43. The van der Waals surface area contributed by atoms with Crippen molar-refractivity contribution >= 4 is 0 Å². The summed E-state index contributed by atoms with van der Waals surface area (Å²) in [5.41, 5.74) is 4.36. The molecule has 2 unspecified atom stereocenters. The van der Waals surface area contributed by atoms with Crippen LogP contribution in [0.4, 0.5) is 0 Å². The van der Waals surface area contributed by atoms with Crippen LogP contribution in [0.15, 0.2) is 18.2 Å². The predicted octanol–water partition coefficient (Wildman–Crippen LogP) is 5.31. The first-order valence-corrected chi connectivity index (χ1v) is 7.60. The van der Waals surface area contributed by atoms with Crippen molar-refractivity contribution < 1.29 is 0 Å². The highest BCUT2D eigenvalue weighted by molar-refractivity contribution is 5.28. The van der Waals surface area contributed by atoms with Crippen molar-refractivity contribution in [3.05, 3.63) is 34.9 Å². The molecule has 0 heteroatoms. The van der Waals surface area contributed by atoms with E-state index in [-0.39, 0.29) is 0 Å². The van der Waals surface area contributed by atoms with E-state index >= 15 is 0 Å². The van der Waals surface area contributed by atoms with Crippen molar-refractivity contribution in [2.24, 2.45) is 17.8 Å². The molecule has 2 rings (SSSR count). The summed E-state index contributed by atoms with van der Waals surface area (Å²) in [6, 6.07) is 7.00. The molecule has 1 fully saturated rings. The van der Waals surface area contributed by atoms with Crippen molar-refractivity contribution in [3.63, 3.8) is 0 Å². The number of hydrogen-bond donors (Lipinski definition) is 0. The highest BCUT2D eigenvalue weighted by Crippen LogP contribution is 2.35. The fourth-order valence-electron chi connectivity index (χ4n) is 3.93. The van der Waals surface area contributed by atoms with Gasteiger partial charge in [-0.1, -0.05) is 43.2 Å². The van der Waals surface area contributed by atoms with Gasteiger partial charge in [0.2, 0.25) is 0 Å². The van der Waals surface area contributed by atoms with Gasteiger partial charge in [-0.15, -0.1) is 0 Å². The second-order valence-electron chi connectivity index (χ2n) is 6.82. The van der Waals surface area contributed by atoms with Gasteiger partial charge < -0.3 is 0 Å². The summed E-state index contributed by atoms with van der Waals surface area (Å²) >= 11 is 0. The summed E-state index contributed by atoms with van der Waals surface area (Å²) in [7, 11) is 0. The number of hydrogen-bond acceptors (Lipinski definition) is 0. The quantitative estimate of drug-likeness (QED) is 0.676. The second kappa shape index (κ2) is 5.91. The summed E-state index contributed by atoms with van der Waals surface area (Å²) in [5.74, 6) is 2.85. The van der Waals surface area contributed by atoms with Gasteiger partial charge in [0.1, 0.15) is 0 Å². The van der Waals surface area contributed by atoms with E-state index in [4.69, 9.17) is 0 Å². The molecule has 0 aliphatic heterocycles. The van der Waals surface area contributed by atoms with Crippen molar-refractivity contribution in [2.75, 3.05) is 0 Å². The van der Waals surface area contributed by atoms with Crippen LogP contribution in [0.1, 0.15) is 56.2 Å². The summed E-state index contributed by atoms with van der Waals surface area (Å²) in [6.45, 7) is 9.28. The summed E-state index contributed by atoms with van der Waals surface area (Å²) in [6.07, 6.45) is 7.01. The second-order valence-corrected chi connectivity index (χ2v) is 6.82. The smallest absolute Gasteiger partial charge is 0.0276 e. The van der Waals surface area contributed by atoms with Gasteiger partial charge in [-0.05, 0) is 69.3 Å². The Kier molecular flexibility index (Phi) is 4.48. The minimum atomic E-state index is 0.943. The van der Waals surface area contributed by atoms with Gasteiger partial charge in [-0.25, -0.2) is 0 Å². The van der Waals surface area contributed by atoms with E-state index in [0.717, 1.165) is 17.8 Å². The molecule has 0 spiro atoms. The summed E-state index contributed by atoms with van der Waals surface area (Å²) < 4.78 is 0. The summed E-state index contributed by atoms with van der Waals surface area (Å²) in [5, 5.41) is 0. The molecular formula is C18H28. The van der Waals surface area contributed by atoms with E-state index in [0.29, 0.717) is 0 Å². The highest BCUT2D eigenvalue weighted by Gasteiger charge is 2.23. The molecule has 0 heterocycles. The molecule has 1 saturated carbocycles. The van der Waals surface area contributed by atoms with Crippen LogP contribution in [-0.2, 0) is 6.42 Å². The van der Waals surface area contributed by atoms with Crippen LogP contribution in [0.3, 0.4) is 0 Å². The van der Waals surface area contributed by atoms with Crippen molar-refractivity contribution in [3.8, 4) is 0 Å². The Bertz CT molecular complexity index is 361. The van der Waals surface area contributed by atoms with Gasteiger partial charge in [0.15, 0.2) is 0 Å². The Morgan fingerprint density at radius 2 is 1.44 bits per heavy atom. The van der Waals surface area contributed by atoms with Crippen LogP contribution in [0, 0.1) is 31.6 Å². The molecule has 0 amide bonds. The number of benzene rings is 1. The largest absolute Gasteiger partial charge is 0.0625 e. The van der Waals surface area contributed by atoms with Crippen molar-refractivity contribution in [1.29, 1.82) is 0 Å². The minimum absolute atomic E-state index is 0.943. The molecule has 0 aromatic heterocycles. The van der Waals surface area contributed by atoms with E-state index in [2.05, 4.69) is 45.9 Å². The zero-order chi connectivity index (χ0) is 13.1. The first kappa shape index (κ1) is 13.6. The Labute approximate surface area is 113 Å². The third kappa shape index (κ3) is 3.86. The van der Waals surface area contributed by atoms with E-state index in [9.17, 15) is 0 Å². The average Bonchev–Trinajstić information content (AvgIpc) is 2.23. The highest BCUT2D eigenvalue weighted by atomic mass is 14.3. The lowest BCUT2D eigenvalue weighted by Gasteiger charge is -2.31. The molecule has 2 atom stereocenters. The topological polar surface area (TPSA) is 0 Å². The van der Waals surface area contributed by atoms with Crippen molar-refractivity contribution in [1.82, 2.24) is 0 Å². The van der Waals surface area contributed by atoms with E-state index in [1.54, 1.807) is 5.56 Å². The Morgan fingerprint density at radius 1 is 0.889 bits per heavy atom. The van der Waals surface area contributed by atoms with Gasteiger partial charge in [0.05, 0.1) is 0 Å². The first-order valence-electron chi connectivity index (χ1n) is 7.60. The molecule has 0 saturated heterocycles. The maximum Gasteiger partial charge on any atom is -0.0276 e. The third-order valence-corrected chi connectivity index (χ3v) is 4.40. The van der Waals surface area contributed by atoms with Crippen LogP contribution in [-0.4, -0.2) is 0 Å². The molecular weight excluding hydrogens is 216 g/mol. The molecule has 0 bridgehead atoms. The van der Waals surface area contributed by atoms with Crippen LogP contribution in [0.2, 0.25) is 0 Å². The van der Waals surface area contributed by atoms with Gasteiger partial charge in [0.25, 0.3) is 0 Å². The standard InChI is InChI=1S/C18H28/c1-13-7-14(2)10-17(9-13)5-6-18-11-15(3)8-16(4)12-18/h7,9-10,15-16,18H,5-6,8,11-12H2,1-4H3. The van der Waals surface area contributed by atoms with E-state index in [1.807, 2.05) is 0 Å². The molecule has 0 N–H and O–H groups in total. The molecule has 1 aliphatic carbocycles. The summed E-state index contributed by atoms with van der Waals surface area (Å²) in [4.78, 5) is 0. The van der Waals surface area contributed by atoms with Gasteiger partial charge >= 0.3 is 0 Å². The van der Waals surface area contributed by atoms with Crippen LogP contribution >= 0.6 is 0 Å². The molecule has 1 aromatic carbocycles. The minimum Gasteiger partial charge on any atom is -0.0625 e. The molecule has 0 radical (unpaired) electrons. The lowest BCUT2D eigenvalue weighted by Crippen LogP contribution is -2.20. The van der Waals surface area contributed by atoms with Gasteiger partial charge in [0, 0.05) is 0 Å². The molecule has 1 aliphatic rings. The molecule has 18 heavy (non-hydrogen) atoms. The Hall–Kier alpha value is -0.780. The third-order valence-electron chi connectivity index (χ3n) is 4.40. The maximum absolute atomic E-state index is 2.43. The van der Waals surface area contributed by atoms with Crippen molar-refractivity contribution in [2.45, 2.75) is 59.8 Å². The van der Waals surface area contributed by atoms with Crippen LogP contribution in [0.5, 0.6) is 0 Å². The monoisotopic (exact) mass is 244 g/mol. The average molecular weight is 244 g/mol. The van der Waals surface area contributed by atoms with Gasteiger partial charge in [-0.3, -0.25) is 0 Å². The first-order chi connectivity index (χ1) is 8.52. The Balaban J connectivity index is 1.90. The number of rotatable bonds is 3. The molecule has 0 nitrogen and oxygen atoms in total. The fourth-order valence-corrected chi connectivity index (χ4v) is 3.93. The zero-order valence-corrected chi connectivity index (χ0v) is 12.5. The van der Waals surface area contributed by atoms with Crippen LogP contribution < -0.4 is 0 Å². The normalized spacial score (nSPS) is 28.3. The number of aryl methyl sites for hydroxylation is 3. The lowest BCUT2D eigenvalue weighted by atomic mass is 9.75. The zero-order valence-electron chi connectivity index (χ0n) is 12.5. The van der Waals surface area contributed by atoms with E-state index < -0.39 is 0 Å². The molecule has 100 valence electrons. The predicted molar refractivity (Wildman–Crippen MR) is 79.9 cm³/mol. The van der Waals surface area contributed by atoms with Crippen LogP contribution in [0.25, 0.3) is 0 Å². The Morgan fingerprint density at radius 3 is 2.00 bits per heavy atom. The molecule has 1 aromatic rings. The van der Waals surface area contributed by atoms with Gasteiger partial charge in [-0.2, -0.15) is 0 Å². The lowest BCUT2D eigenvalue weighted by molar-refractivity contribution is 0.210. The SMILES string of the molecule is Cc1cc(C)cc(CCC2CC(C)CC(C)C2)c1. The fraction of sp³-hybridized carbons (Fsp3) is 0.667. The van der Waals surface area contributed by atoms with E-state index in [1.165, 1.54) is 43.2 Å².